The molecule has 1 aliphatic carbocycles. The number of aryl methyl sites for hydroxylation is 1. The predicted molar refractivity (Wildman–Crippen MR) is 106 cm³/mol. The van der Waals surface area contributed by atoms with Crippen LogP contribution in [0.25, 0.3) is 0 Å². The molecule has 1 aliphatic heterocycles. The summed E-state index contributed by atoms with van der Waals surface area (Å²) >= 11 is 5.78. The molecule has 1 atom stereocenters. The number of thioether (sulfide) groups is 1. The van der Waals surface area contributed by atoms with E-state index in [1.807, 2.05) is 0 Å². The Kier molecular flexibility index (Phi) is 4.00. The lowest BCUT2D eigenvalue weighted by molar-refractivity contribution is 0.715. The number of hydrogen-bond acceptors (Lipinski definition) is 3. The van der Waals surface area contributed by atoms with E-state index < -0.39 is 0 Å². The molecule has 2 aliphatic rings. The van der Waals surface area contributed by atoms with Crippen LogP contribution in [-0.2, 0) is 7.05 Å². The molecule has 128 valence electrons. The number of rotatable bonds is 2. The Morgan fingerprint density at radius 2 is 2.08 bits per heavy atom. The van der Waals surface area contributed by atoms with Crippen LogP contribution in [-0.4, -0.2) is 21.1 Å². The van der Waals surface area contributed by atoms with Gasteiger partial charge in [0.15, 0.2) is 0 Å². The van der Waals surface area contributed by atoms with Crippen LogP contribution in [0.2, 0.25) is 0 Å². The van der Waals surface area contributed by atoms with Crippen LogP contribution in [0.5, 0.6) is 0 Å². The zero-order chi connectivity index (χ0) is 17.1. The second-order valence-corrected chi connectivity index (χ2v) is 10.3. The average Bonchev–Trinajstić information content (AvgIpc) is 3.31. The third kappa shape index (κ3) is 2.80. The molecule has 0 radical (unpaired) electrons. The molecular formula is C19H24BrN3S. The number of anilines is 1. The van der Waals surface area contributed by atoms with Gasteiger partial charge in [-0.05, 0) is 50.8 Å². The van der Waals surface area contributed by atoms with Crippen molar-refractivity contribution in [3.63, 3.8) is 0 Å². The number of halogens is 1. The molecule has 1 unspecified atom stereocenters. The normalized spacial score (nSPS) is 22.6. The lowest BCUT2D eigenvalue weighted by Crippen LogP contribution is -2.26. The third-order valence-corrected chi connectivity index (χ3v) is 7.42. The highest BCUT2D eigenvalue weighted by Gasteiger charge is 2.40. The minimum atomic E-state index is 0.166. The molecule has 0 amide bonds. The molecule has 0 bridgehead atoms. The summed E-state index contributed by atoms with van der Waals surface area (Å²) < 4.78 is 3.42. The van der Waals surface area contributed by atoms with Gasteiger partial charge in [0.05, 0.1) is 10.9 Å². The molecule has 24 heavy (non-hydrogen) atoms. The first kappa shape index (κ1) is 16.5. The van der Waals surface area contributed by atoms with Gasteiger partial charge in [0.1, 0.15) is 5.82 Å². The Morgan fingerprint density at radius 3 is 2.79 bits per heavy atom. The number of benzene rings is 1. The second-order valence-electron chi connectivity index (χ2n) is 7.61. The number of fused-ring (bicyclic) bond motifs is 1. The molecule has 0 saturated heterocycles. The van der Waals surface area contributed by atoms with E-state index in [0.29, 0.717) is 11.2 Å². The zero-order valence-electron chi connectivity index (χ0n) is 14.7. The van der Waals surface area contributed by atoms with E-state index in [2.05, 4.69) is 83.7 Å². The van der Waals surface area contributed by atoms with Gasteiger partial charge in [0.2, 0.25) is 0 Å². The number of aromatic nitrogens is 2. The second kappa shape index (κ2) is 5.80. The van der Waals surface area contributed by atoms with Crippen molar-refractivity contribution in [1.82, 2.24) is 9.78 Å². The molecule has 1 aromatic carbocycles. The van der Waals surface area contributed by atoms with Crippen LogP contribution >= 0.6 is 27.7 Å². The monoisotopic (exact) mass is 405 g/mol. The van der Waals surface area contributed by atoms with E-state index in [4.69, 9.17) is 5.10 Å². The summed E-state index contributed by atoms with van der Waals surface area (Å²) in [6.07, 6.45) is 2.56. The SMILES string of the molecule is Cc1c(Br)cccc1C1SC(C)(C)CNc2c1c(C1CC1)nn2C. The van der Waals surface area contributed by atoms with Crippen molar-refractivity contribution in [2.24, 2.45) is 7.05 Å². The van der Waals surface area contributed by atoms with E-state index >= 15 is 0 Å². The fraction of sp³-hybridized carbons (Fsp3) is 0.526. The lowest BCUT2D eigenvalue weighted by Gasteiger charge is -2.27. The fourth-order valence-electron chi connectivity index (χ4n) is 3.53. The van der Waals surface area contributed by atoms with Gasteiger partial charge >= 0.3 is 0 Å². The lowest BCUT2D eigenvalue weighted by atomic mass is 9.98. The van der Waals surface area contributed by atoms with Crippen molar-refractivity contribution >= 4 is 33.5 Å². The van der Waals surface area contributed by atoms with Gasteiger partial charge in [-0.1, -0.05) is 28.1 Å². The molecule has 1 aromatic heterocycles. The van der Waals surface area contributed by atoms with Crippen molar-refractivity contribution < 1.29 is 0 Å². The maximum absolute atomic E-state index is 4.90. The highest BCUT2D eigenvalue weighted by Crippen LogP contribution is 2.54. The first-order valence-electron chi connectivity index (χ1n) is 8.61. The summed E-state index contributed by atoms with van der Waals surface area (Å²) in [5.41, 5.74) is 5.47. The minimum Gasteiger partial charge on any atom is -0.369 e. The summed E-state index contributed by atoms with van der Waals surface area (Å²) in [4.78, 5) is 0. The molecule has 0 spiro atoms. The maximum atomic E-state index is 4.90. The Balaban J connectivity index is 1.92. The van der Waals surface area contributed by atoms with Gasteiger partial charge < -0.3 is 5.32 Å². The smallest absolute Gasteiger partial charge is 0.128 e. The summed E-state index contributed by atoms with van der Waals surface area (Å²) in [5, 5.41) is 8.91. The third-order valence-electron chi connectivity index (χ3n) is 5.05. The van der Waals surface area contributed by atoms with Crippen LogP contribution < -0.4 is 5.32 Å². The van der Waals surface area contributed by atoms with Crippen molar-refractivity contribution in [3.05, 3.63) is 45.1 Å². The van der Waals surface area contributed by atoms with E-state index in [0.717, 1.165) is 6.54 Å². The molecule has 3 nitrogen and oxygen atoms in total. The maximum Gasteiger partial charge on any atom is 0.128 e. The molecule has 2 heterocycles. The van der Waals surface area contributed by atoms with Crippen LogP contribution in [0.4, 0.5) is 5.82 Å². The molecule has 2 aromatic rings. The number of hydrogen-bond donors (Lipinski definition) is 1. The fourth-order valence-corrected chi connectivity index (χ4v) is 5.44. The average molecular weight is 406 g/mol. The van der Waals surface area contributed by atoms with Crippen LogP contribution in [0, 0.1) is 6.92 Å². The Morgan fingerprint density at radius 1 is 1.33 bits per heavy atom. The molecular weight excluding hydrogens is 382 g/mol. The van der Waals surface area contributed by atoms with E-state index in [-0.39, 0.29) is 4.75 Å². The van der Waals surface area contributed by atoms with Crippen molar-refractivity contribution in [2.75, 3.05) is 11.9 Å². The van der Waals surface area contributed by atoms with Crippen LogP contribution in [0.15, 0.2) is 22.7 Å². The Labute approximate surface area is 156 Å². The molecule has 1 N–H and O–H groups in total. The van der Waals surface area contributed by atoms with Gasteiger partial charge in [0.25, 0.3) is 0 Å². The molecule has 4 rings (SSSR count). The topological polar surface area (TPSA) is 29.9 Å². The quantitative estimate of drug-likeness (QED) is 0.725. The minimum absolute atomic E-state index is 0.166. The summed E-state index contributed by atoms with van der Waals surface area (Å²) in [7, 11) is 2.07. The largest absolute Gasteiger partial charge is 0.369 e. The van der Waals surface area contributed by atoms with Gasteiger partial charge in [0, 0.05) is 34.3 Å². The summed E-state index contributed by atoms with van der Waals surface area (Å²) in [6.45, 7) is 7.85. The molecule has 5 heteroatoms. The predicted octanol–water partition coefficient (Wildman–Crippen LogP) is 5.40. The van der Waals surface area contributed by atoms with Crippen molar-refractivity contribution in [3.8, 4) is 0 Å². The van der Waals surface area contributed by atoms with Gasteiger partial charge in [-0.25, -0.2) is 0 Å². The Bertz CT molecular complexity index is 792. The van der Waals surface area contributed by atoms with Crippen molar-refractivity contribution in [2.45, 2.75) is 49.5 Å². The van der Waals surface area contributed by atoms with Gasteiger partial charge in [-0.15, -0.1) is 11.8 Å². The number of nitrogens with one attached hydrogen (secondary N) is 1. The van der Waals surface area contributed by atoms with E-state index in [1.54, 1.807) is 0 Å². The summed E-state index contributed by atoms with van der Waals surface area (Å²) in [5.74, 6) is 1.86. The van der Waals surface area contributed by atoms with Gasteiger partial charge in [-0.3, -0.25) is 4.68 Å². The van der Waals surface area contributed by atoms with Gasteiger partial charge in [-0.2, -0.15) is 5.10 Å². The first-order chi connectivity index (χ1) is 11.4. The van der Waals surface area contributed by atoms with Crippen molar-refractivity contribution in [1.29, 1.82) is 0 Å². The standard InChI is InChI=1S/C19H24BrN3S/c1-11-13(6-5-7-14(11)20)17-15-16(12-8-9-12)22-23(4)18(15)21-10-19(2,3)24-17/h5-7,12,17,21H,8-10H2,1-4H3. The van der Waals surface area contributed by atoms with Crippen LogP contribution in [0.1, 0.15) is 60.2 Å². The molecule has 1 saturated carbocycles. The highest BCUT2D eigenvalue weighted by atomic mass is 79.9. The highest BCUT2D eigenvalue weighted by molar-refractivity contribution is 9.10. The van der Waals surface area contributed by atoms with Crippen LogP contribution in [0.3, 0.4) is 0 Å². The summed E-state index contributed by atoms with van der Waals surface area (Å²) in [6, 6.07) is 6.58. The zero-order valence-corrected chi connectivity index (χ0v) is 17.1. The number of nitrogens with zero attached hydrogens (tertiary/aromatic N) is 2. The van der Waals surface area contributed by atoms with E-state index in [1.165, 1.54) is 45.5 Å². The van der Waals surface area contributed by atoms with E-state index in [9.17, 15) is 0 Å². The molecule has 1 fully saturated rings. The Hall–Kier alpha value is -0.940. The first-order valence-corrected chi connectivity index (χ1v) is 10.3.